The van der Waals surface area contributed by atoms with Gasteiger partial charge in [-0.2, -0.15) is 4.31 Å². The molecule has 0 saturated heterocycles. The summed E-state index contributed by atoms with van der Waals surface area (Å²) in [7, 11) is -2.04. The van der Waals surface area contributed by atoms with Crippen molar-refractivity contribution in [1.82, 2.24) is 9.62 Å². The highest BCUT2D eigenvalue weighted by Crippen LogP contribution is 2.21. The highest BCUT2D eigenvalue weighted by Gasteiger charge is 2.14. The first-order valence-corrected chi connectivity index (χ1v) is 9.29. The monoisotopic (exact) mass is 366 g/mol. The highest BCUT2D eigenvalue weighted by atomic mass is 32.2. The van der Waals surface area contributed by atoms with Crippen LogP contribution in [0, 0.1) is 5.82 Å². The molecule has 8 heteroatoms. The third kappa shape index (κ3) is 6.17. The molecule has 0 saturated carbocycles. The predicted octanol–water partition coefficient (Wildman–Crippen LogP) is 2.13. The smallest absolute Gasteiger partial charge is 0.235 e. The molecular formula is C17H19FN2O4S. The first-order chi connectivity index (χ1) is 11.7. The van der Waals surface area contributed by atoms with Crippen molar-refractivity contribution in [3.05, 3.63) is 59.9 Å². The number of rotatable bonds is 7. The second kappa shape index (κ2) is 8.09. The average molecular weight is 366 g/mol. The van der Waals surface area contributed by atoms with Gasteiger partial charge >= 0.3 is 0 Å². The van der Waals surface area contributed by atoms with Crippen LogP contribution < -0.4 is 10.1 Å². The van der Waals surface area contributed by atoms with Gasteiger partial charge in [0.15, 0.2) is 0 Å². The summed E-state index contributed by atoms with van der Waals surface area (Å²) < 4.78 is 41.9. The summed E-state index contributed by atoms with van der Waals surface area (Å²) >= 11 is 0. The van der Waals surface area contributed by atoms with Gasteiger partial charge in [0.2, 0.25) is 15.9 Å². The van der Waals surface area contributed by atoms with Gasteiger partial charge < -0.3 is 10.1 Å². The molecule has 0 aliphatic heterocycles. The van der Waals surface area contributed by atoms with E-state index in [1.807, 2.05) is 0 Å². The van der Waals surface area contributed by atoms with Gasteiger partial charge in [0.1, 0.15) is 17.3 Å². The van der Waals surface area contributed by atoms with Crippen molar-refractivity contribution < 1.29 is 22.3 Å². The summed E-state index contributed by atoms with van der Waals surface area (Å²) in [5.74, 6) is 0.379. The van der Waals surface area contributed by atoms with E-state index in [2.05, 4.69) is 5.32 Å². The van der Waals surface area contributed by atoms with Crippen molar-refractivity contribution in [2.75, 3.05) is 19.8 Å². The van der Waals surface area contributed by atoms with Crippen molar-refractivity contribution in [3.63, 3.8) is 0 Å². The molecule has 0 fully saturated rings. The molecule has 2 aromatic rings. The molecule has 0 aromatic heterocycles. The van der Waals surface area contributed by atoms with E-state index in [9.17, 15) is 17.6 Å². The molecular weight excluding hydrogens is 347 g/mol. The Morgan fingerprint density at radius 1 is 1.08 bits per heavy atom. The van der Waals surface area contributed by atoms with E-state index in [0.717, 1.165) is 16.1 Å². The van der Waals surface area contributed by atoms with Crippen LogP contribution in [0.25, 0.3) is 0 Å². The standard InChI is InChI=1S/C17H19FN2O4S/c1-20(25(2,22)23)12-17(21)19-11-13-3-7-15(8-4-13)24-16-9-5-14(18)6-10-16/h3-10H,11-12H2,1-2H3,(H,19,21). The zero-order valence-corrected chi connectivity index (χ0v) is 14.7. The van der Waals surface area contributed by atoms with E-state index < -0.39 is 10.0 Å². The number of hydrogen-bond acceptors (Lipinski definition) is 4. The molecule has 0 radical (unpaired) electrons. The number of halogens is 1. The van der Waals surface area contributed by atoms with Crippen LogP contribution in [-0.4, -0.2) is 38.5 Å². The quantitative estimate of drug-likeness (QED) is 0.814. The maximum Gasteiger partial charge on any atom is 0.235 e. The van der Waals surface area contributed by atoms with Crippen molar-refractivity contribution in [2.24, 2.45) is 0 Å². The van der Waals surface area contributed by atoms with E-state index in [0.29, 0.717) is 11.5 Å². The number of nitrogens with one attached hydrogen (secondary N) is 1. The van der Waals surface area contributed by atoms with E-state index in [4.69, 9.17) is 4.74 Å². The molecule has 0 heterocycles. The lowest BCUT2D eigenvalue weighted by Crippen LogP contribution is -2.37. The van der Waals surface area contributed by atoms with Gasteiger partial charge in [0.25, 0.3) is 0 Å². The summed E-state index contributed by atoms with van der Waals surface area (Å²) in [4.78, 5) is 11.7. The summed E-state index contributed by atoms with van der Waals surface area (Å²) in [6.45, 7) is 0.0395. The molecule has 1 amide bonds. The molecule has 0 aliphatic rings. The minimum atomic E-state index is -3.39. The predicted molar refractivity (Wildman–Crippen MR) is 92.2 cm³/mol. The highest BCUT2D eigenvalue weighted by molar-refractivity contribution is 7.88. The molecule has 1 N–H and O–H groups in total. The topological polar surface area (TPSA) is 75.7 Å². The van der Waals surface area contributed by atoms with Gasteiger partial charge in [-0.25, -0.2) is 12.8 Å². The molecule has 2 rings (SSSR count). The van der Waals surface area contributed by atoms with Crippen LogP contribution in [0.4, 0.5) is 4.39 Å². The second-order valence-corrected chi connectivity index (χ2v) is 7.59. The Morgan fingerprint density at radius 3 is 2.12 bits per heavy atom. The van der Waals surface area contributed by atoms with Crippen LogP contribution in [0.15, 0.2) is 48.5 Å². The van der Waals surface area contributed by atoms with Crippen LogP contribution in [-0.2, 0) is 21.4 Å². The molecule has 2 aromatic carbocycles. The lowest BCUT2D eigenvalue weighted by Gasteiger charge is -2.13. The van der Waals surface area contributed by atoms with Crippen molar-refractivity contribution in [1.29, 1.82) is 0 Å². The third-order valence-electron chi connectivity index (χ3n) is 3.39. The molecule has 0 bridgehead atoms. The SMILES string of the molecule is CN(CC(=O)NCc1ccc(Oc2ccc(F)cc2)cc1)S(C)(=O)=O. The number of sulfonamides is 1. The Morgan fingerprint density at radius 2 is 1.60 bits per heavy atom. The zero-order valence-electron chi connectivity index (χ0n) is 13.9. The normalized spacial score (nSPS) is 11.4. The van der Waals surface area contributed by atoms with E-state index in [-0.39, 0.29) is 24.8 Å². The van der Waals surface area contributed by atoms with Crippen molar-refractivity contribution in [2.45, 2.75) is 6.54 Å². The van der Waals surface area contributed by atoms with Gasteiger partial charge in [0, 0.05) is 13.6 Å². The van der Waals surface area contributed by atoms with Crippen molar-refractivity contribution in [3.8, 4) is 11.5 Å². The lowest BCUT2D eigenvalue weighted by atomic mass is 10.2. The number of amides is 1. The molecule has 0 spiro atoms. The minimum absolute atomic E-state index is 0.232. The third-order valence-corrected chi connectivity index (χ3v) is 4.66. The molecule has 0 unspecified atom stereocenters. The van der Waals surface area contributed by atoms with Crippen LogP contribution in [0.3, 0.4) is 0 Å². The largest absolute Gasteiger partial charge is 0.457 e. The van der Waals surface area contributed by atoms with Gasteiger partial charge in [0.05, 0.1) is 12.8 Å². The number of ether oxygens (including phenoxy) is 1. The Balaban J connectivity index is 1.86. The van der Waals surface area contributed by atoms with Gasteiger partial charge in [-0.15, -0.1) is 0 Å². The van der Waals surface area contributed by atoms with Crippen LogP contribution in [0.2, 0.25) is 0 Å². The molecule has 0 atom stereocenters. The Bertz CT molecular complexity index is 821. The number of carbonyl (C=O) groups is 1. The molecule has 6 nitrogen and oxygen atoms in total. The van der Waals surface area contributed by atoms with Gasteiger partial charge in [-0.1, -0.05) is 12.1 Å². The Hall–Kier alpha value is -2.45. The first-order valence-electron chi connectivity index (χ1n) is 7.44. The van der Waals surface area contributed by atoms with Gasteiger partial charge in [-0.05, 0) is 42.0 Å². The summed E-state index contributed by atoms with van der Waals surface area (Å²) in [6.07, 6.45) is 1.04. The average Bonchev–Trinajstić information content (AvgIpc) is 2.55. The minimum Gasteiger partial charge on any atom is -0.457 e. The Labute approximate surface area is 146 Å². The molecule has 0 aliphatic carbocycles. The fourth-order valence-electron chi connectivity index (χ4n) is 1.89. The van der Waals surface area contributed by atoms with Crippen LogP contribution in [0.1, 0.15) is 5.56 Å². The Kier molecular flexibility index (Phi) is 6.11. The second-order valence-electron chi connectivity index (χ2n) is 5.50. The molecule has 134 valence electrons. The number of benzene rings is 2. The van der Waals surface area contributed by atoms with E-state index >= 15 is 0 Å². The molecule has 25 heavy (non-hydrogen) atoms. The first kappa shape index (κ1) is 18.9. The summed E-state index contributed by atoms with van der Waals surface area (Å²) in [5, 5.41) is 2.65. The number of nitrogens with zero attached hydrogens (tertiary/aromatic N) is 1. The number of hydrogen-bond donors (Lipinski definition) is 1. The van der Waals surface area contributed by atoms with Crippen molar-refractivity contribution >= 4 is 15.9 Å². The summed E-state index contributed by atoms with van der Waals surface area (Å²) in [6, 6.07) is 12.7. The fraction of sp³-hybridized carbons (Fsp3) is 0.235. The lowest BCUT2D eigenvalue weighted by molar-refractivity contribution is -0.121. The zero-order chi connectivity index (χ0) is 18.4. The van der Waals surface area contributed by atoms with E-state index in [1.54, 1.807) is 24.3 Å². The fourth-order valence-corrected chi connectivity index (χ4v) is 2.24. The van der Waals surface area contributed by atoms with Gasteiger partial charge in [-0.3, -0.25) is 4.79 Å². The number of carbonyl (C=O) groups excluding carboxylic acids is 1. The van der Waals surface area contributed by atoms with Crippen LogP contribution in [0.5, 0.6) is 11.5 Å². The maximum absolute atomic E-state index is 12.8. The van der Waals surface area contributed by atoms with E-state index in [1.165, 1.54) is 31.3 Å². The number of likely N-dealkylation sites (N-methyl/N-ethyl adjacent to an activating group) is 1. The summed E-state index contributed by atoms with van der Waals surface area (Å²) in [5.41, 5.74) is 0.835. The maximum atomic E-state index is 12.8. The van der Waals surface area contributed by atoms with Crippen LogP contribution >= 0.6 is 0 Å².